The van der Waals surface area contributed by atoms with Crippen LogP contribution in [0, 0.1) is 0 Å². The molecule has 2 aromatic rings. The molecule has 102 valence electrons. The Labute approximate surface area is 117 Å². The fraction of sp³-hybridized carbons (Fsp3) is 0.333. The first-order valence-electron chi connectivity index (χ1n) is 7.24. The zero-order chi connectivity index (χ0) is 14.1. The largest absolute Gasteiger partial charge is 0.399 e. The summed E-state index contributed by atoms with van der Waals surface area (Å²) in [7, 11) is 0. The summed E-state index contributed by atoms with van der Waals surface area (Å²) in [5, 5.41) is 0. The lowest BCUT2D eigenvalue weighted by Crippen LogP contribution is -1.86. The van der Waals surface area contributed by atoms with Gasteiger partial charge in [-0.15, -0.1) is 0 Å². The number of unbranched alkanes of at least 4 members (excludes halogenated alkanes) is 1. The van der Waals surface area contributed by atoms with Crippen LogP contribution in [0.2, 0.25) is 0 Å². The molecule has 0 heterocycles. The van der Waals surface area contributed by atoms with Gasteiger partial charge >= 0.3 is 0 Å². The molecule has 0 atom stereocenters. The van der Waals surface area contributed by atoms with Crippen LogP contribution < -0.4 is 5.73 Å². The lowest BCUT2D eigenvalue weighted by Gasteiger charge is -2.04. The molecule has 1 heteroatoms. The summed E-state index contributed by atoms with van der Waals surface area (Å²) in [4.78, 5) is 0. The van der Waals surface area contributed by atoms with Crippen LogP contribution in [0.4, 0.5) is 5.69 Å². The van der Waals surface area contributed by atoms with Gasteiger partial charge in [0.1, 0.15) is 0 Å². The molecule has 0 aromatic heterocycles. The van der Waals surface area contributed by atoms with E-state index in [0.717, 1.165) is 5.69 Å². The van der Waals surface area contributed by atoms with E-state index in [1.165, 1.54) is 36.0 Å². The van der Waals surface area contributed by atoms with Gasteiger partial charge in [0, 0.05) is 5.69 Å². The SMILES string of the molecule is CC.CCCCc1ccc(-c2ccc(N)cc2)cc1. The lowest BCUT2D eigenvalue weighted by atomic mass is 10.0. The molecule has 0 fully saturated rings. The van der Waals surface area contributed by atoms with E-state index in [1.54, 1.807) is 0 Å². The summed E-state index contributed by atoms with van der Waals surface area (Å²) in [6.07, 6.45) is 3.69. The Morgan fingerprint density at radius 3 is 1.74 bits per heavy atom. The van der Waals surface area contributed by atoms with Crippen molar-refractivity contribution in [3.63, 3.8) is 0 Å². The molecule has 2 N–H and O–H groups in total. The molecule has 0 unspecified atom stereocenters. The number of benzene rings is 2. The Hall–Kier alpha value is -1.76. The molecular weight excluding hydrogens is 230 g/mol. The summed E-state index contributed by atoms with van der Waals surface area (Å²) in [5.41, 5.74) is 10.4. The van der Waals surface area contributed by atoms with E-state index in [-0.39, 0.29) is 0 Å². The van der Waals surface area contributed by atoms with Gasteiger partial charge in [0.05, 0.1) is 0 Å². The third-order valence-corrected chi connectivity index (χ3v) is 3.02. The molecule has 0 aliphatic heterocycles. The van der Waals surface area contributed by atoms with Crippen LogP contribution in [-0.2, 0) is 6.42 Å². The van der Waals surface area contributed by atoms with E-state index in [0.29, 0.717) is 0 Å². The molecule has 0 aliphatic rings. The van der Waals surface area contributed by atoms with Crippen molar-refractivity contribution in [3.05, 3.63) is 54.1 Å². The van der Waals surface area contributed by atoms with Crippen LogP contribution in [0.25, 0.3) is 11.1 Å². The maximum absolute atomic E-state index is 5.68. The maximum atomic E-state index is 5.68. The van der Waals surface area contributed by atoms with E-state index >= 15 is 0 Å². The first-order valence-corrected chi connectivity index (χ1v) is 7.24. The van der Waals surface area contributed by atoms with Crippen molar-refractivity contribution < 1.29 is 0 Å². The normalized spacial score (nSPS) is 9.63. The van der Waals surface area contributed by atoms with Gasteiger partial charge in [0.2, 0.25) is 0 Å². The number of anilines is 1. The van der Waals surface area contributed by atoms with Gasteiger partial charge < -0.3 is 5.73 Å². The molecule has 0 saturated heterocycles. The Morgan fingerprint density at radius 2 is 1.26 bits per heavy atom. The molecular formula is C18H25N. The monoisotopic (exact) mass is 255 g/mol. The number of rotatable bonds is 4. The lowest BCUT2D eigenvalue weighted by molar-refractivity contribution is 0.795. The molecule has 2 aromatic carbocycles. The maximum Gasteiger partial charge on any atom is 0.0314 e. The van der Waals surface area contributed by atoms with Crippen molar-refractivity contribution in [2.24, 2.45) is 0 Å². The second kappa shape index (κ2) is 8.36. The Kier molecular flexibility index (Phi) is 6.73. The van der Waals surface area contributed by atoms with Crippen LogP contribution in [0.1, 0.15) is 39.2 Å². The molecule has 0 bridgehead atoms. The topological polar surface area (TPSA) is 26.0 Å². The van der Waals surface area contributed by atoms with Crippen LogP contribution >= 0.6 is 0 Å². The molecule has 0 saturated carbocycles. The van der Waals surface area contributed by atoms with E-state index in [1.807, 2.05) is 26.0 Å². The molecule has 0 radical (unpaired) electrons. The zero-order valence-corrected chi connectivity index (χ0v) is 12.3. The van der Waals surface area contributed by atoms with Crippen LogP contribution in [-0.4, -0.2) is 0 Å². The summed E-state index contributed by atoms with van der Waals surface area (Å²) in [6.45, 7) is 6.22. The fourth-order valence-corrected chi connectivity index (χ4v) is 1.92. The smallest absolute Gasteiger partial charge is 0.0314 e. The summed E-state index contributed by atoms with van der Waals surface area (Å²) >= 11 is 0. The van der Waals surface area contributed by atoms with E-state index in [4.69, 9.17) is 5.73 Å². The van der Waals surface area contributed by atoms with E-state index < -0.39 is 0 Å². The van der Waals surface area contributed by atoms with Crippen molar-refractivity contribution in [2.45, 2.75) is 40.0 Å². The fourth-order valence-electron chi connectivity index (χ4n) is 1.92. The molecule has 2 rings (SSSR count). The molecule has 0 aliphatic carbocycles. The average molecular weight is 255 g/mol. The van der Waals surface area contributed by atoms with Gasteiger partial charge in [-0.25, -0.2) is 0 Å². The summed E-state index contributed by atoms with van der Waals surface area (Å²) in [6, 6.07) is 16.9. The van der Waals surface area contributed by atoms with Crippen LogP contribution in [0.15, 0.2) is 48.5 Å². The first-order chi connectivity index (χ1) is 9.29. The summed E-state index contributed by atoms with van der Waals surface area (Å²) in [5.74, 6) is 0. The van der Waals surface area contributed by atoms with Gasteiger partial charge in [-0.2, -0.15) is 0 Å². The quantitative estimate of drug-likeness (QED) is 0.737. The van der Waals surface area contributed by atoms with Crippen LogP contribution in [0.3, 0.4) is 0 Å². The van der Waals surface area contributed by atoms with Crippen LogP contribution in [0.5, 0.6) is 0 Å². The van der Waals surface area contributed by atoms with Crippen molar-refractivity contribution in [1.82, 2.24) is 0 Å². The number of nitrogens with two attached hydrogens (primary N) is 1. The number of hydrogen-bond acceptors (Lipinski definition) is 1. The minimum Gasteiger partial charge on any atom is -0.399 e. The Morgan fingerprint density at radius 1 is 0.789 bits per heavy atom. The molecule has 19 heavy (non-hydrogen) atoms. The van der Waals surface area contributed by atoms with Crippen molar-refractivity contribution >= 4 is 5.69 Å². The van der Waals surface area contributed by atoms with Gasteiger partial charge in [-0.3, -0.25) is 0 Å². The van der Waals surface area contributed by atoms with Gasteiger partial charge in [0.15, 0.2) is 0 Å². The average Bonchev–Trinajstić information content (AvgIpc) is 2.49. The zero-order valence-electron chi connectivity index (χ0n) is 12.3. The van der Waals surface area contributed by atoms with Gasteiger partial charge in [-0.05, 0) is 41.7 Å². The van der Waals surface area contributed by atoms with Crippen molar-refractivity contribution in [3.8, 4) is 11.1 Å². The third kappa shape index (κ3) is 4.78. The summed E-state index contributed by atoms with van der Waals surface area (Å²) < 4.78 is 0. The van der Waals surface area contributed by atoms with E-state index in [2.05, 4.69) is 43.3 Å². The molecule has 1 nitrogen and oxygen atoms in total. The highest BCUT2D eigenvalue weighted by Gasteiger charge is 1.98. The predicted octanol–water partition coefficient (Wildman–Crippen LogP) is 5.30. The third-order valence-electron chi connectivity index (χ3n) is 3.02. The van der Waals surface area contributed by atoms with Gasteiger partial charge in [0.25, 0.3) is 0 Å². The first kappa shape index (κ1) is 15.3. The second-order valence-corrected chi connectivity index (χ2v) is 4.42. The second-order valence-electron chi connectivity index (χ2n) is 4.42. The minimum atomic E-state index is 0.813. The van der Waals surface area contributed by atoms with Gasteiger partial charge in [-0.1, -0.05) is 63.6 Å². The number of hydrogen-bond donors (Lipinski definition) is 1. The number of nitrogen functional groups attached to an aromatic ring is 1. The highest BCUT2D eigenvalue weighted by atomic mass is 14.5. The van der Waals surface area contributed by atoms with Crippen molar-refractivity contribution in [2.75, 3.05) is 5.73 Å². The Bertz CT molecular complexity index is 454. The van der Waals surface area contributed by atoms with Crippen molar-refractivity contribution in [1.29, 1.82) is 0 Å². The number of aryl methyl sites for hydroxylation is 1. The molecule has 0 amide bonds. The Balaban J connectivity index is 0.000000861. The highest BCUT2D eigenvalue weighted by Crippen LogP contribution is 2.21. The van der Waals surface area contributed by atoms with E-state index in [9.17, 15) is 0 Å². The minimum absolute atomic E-state index is 0.813. The standard InChI is InChI=1S/C16H19N.C2H6/c1-2-3-4-13-5-7-14(8-6-13)15-9-11-16(17)12-10-15;1-2/h5-12H,2-4,17H2,1H3;1-2H3. The predicted molar refractivity (Wildman–Crippen MR) is 86.3 cm³/mol. The molecule has 0 spiro atoms. The highest BCUT2D eigenvalue weighted by molar-refractivity contribution is 5.65.